The van der Waals surface area contributed by atoms with E-state index in [-0.39, 0.29) is 5.91 Å². The molecule has 0 saturated carbocycles. The third-order valence-electron chi connectivity index (χ3n) is 5.28. The highest BCUT2D eigenvalue weighted by Crippen LogP contribution is 2.33. The number of amides is 1. The minimum atomic E-state index is -0.493. The maximum Gasteiger partial charge on any atom is 0.340 e. The van der Waals surface area contributed by atoms with Crippen molar-refractivity contribution in [1.29, 1.82) is 0 Å². The van der Waals surface area contributed by atoms with Gasteiger partial charge in [0.2, 0.25) is 0 Å². The molecule has 0 fully saturated rings. The van der Waals surface area contributed by atoms with Gasteiger partial charge in [0.15, 0.2) is 0 Å². The van der Waals surface area contributed by atoms with Gasteiger partial charge in [0, 0.05) is 5.70 Å². The van der Waals surface area contributed by atoms with Crippen LogP contribution < -0.4 is 0 Å². The van der Waals surface area contributed by atoms with Crippen LogP contribution in [0.4, 0.5) is 0 Å². The first kappa shape index (κ1) is 20.6. The van der Waals surface area contributed by atoms with Crippen LogP contribution in [0.3, 0.4) is 0 Å². The van der Waals surface area contributed by atoms with Gasteiger partial charge in [0.05, 0.1) is 24.8 Å². The molecular formula is C25H27NO3. The molecule has 1 amide bonds. The summed E-state index contributed by atoms with van der Waals surface area (Å²) in [5.41, 5.74) is 5.60. The summed E-state index contributed by atoms with van der Waals surface area (Å²) in [6.07, 6.45) is 1.78. The van der Waals surface area contributed by atoms with Gasteiger partial charge < -0.3 is 9.64 Å². The second-order valence-corrected chi connectivity index (χ2v) is 7.71. The molecule has 2 aromatic rings. The number of hydrogen-bond donors (Lipinski definition) is 0. The lowest BCUT2D eigenvalue weighted by molar-refractivity contribution is -0.136. The third-order valence-corrected chi connectivity index (χ3v) is 5.28. The number of methoxy groups -OCH3 is 1. The highest BCUT2D eigenvalue weighted by Gasteiger charge is 2.36. The number of hydrogen-bond acceptors (Lipinski definition) is 3. The van der Waals surface area contributed by atoms with Crippen molar-refractivity contribution < 1.29 is 14.3 Å². The molecule has 0 aromatic heterocycles. The monoisotopic (exact) mass is 389 g/mol. The van der Waals surface area contributed by atoms with E-state index in [0.717, 1.165) is 16.7 Å². The summed E-state index contributed by atoms with van der Waals surface area (Å²) in [5, 5.41) is 0. The Morgan fingerprint density at radius 2 is 1.66 bits per heavy atom. The van der Waals surface area contributed by atoms with Gasteiger partial charge >= 0.3 is 5.97 Å². The van der Waals surface area contributed by atoms with Gasteiger partial charge in [-0.3, -0.25) is 4.79 Å². The molecule has 0 atom stereocenters. The maximum absolute atomic E-state index is 13.2. The van der Waals surface area contributed by atoms with E-state index in [9.17, 15) is 9.59 Å². The Kier molecular flexibility index (Phi) is 6.02. The molecule has 1 aliphatic heterocycles. The minimum Gasteiger partial charge on any atom is -0.465 e. The van der Waals surface area contributed by atoms with Crippen LogP contribution in [0, 0.1) is 6.92 Å². The van der Waals surface area contributed by atoms with Crippen molar-refractivity contribution >= 4 is 18.0 Å². The highest BCUT2D eigenvalue weighted by molar-refractivity contribution is 6.16. The Bertz CT molecular complexity index is 980. The molecule has 2 aromatic carbocycles. The second kappa shape index (κ2) is 8.48. The van der Waals surface area contributed by atoms with Gasteiger partial charge in [0.1, 0.15) is 0 Å². The minimum absolute atomic E-state index is 0.184. The van der Waals surface area contributed by atoms with E-state index in [1.54, 1.807) is 17.9 Å². The Balaban J connectivity index is 1.98. The lowest BCUT2D eigenvalue weighted by Crippen LogP contribution is -2.24. The quantitative estimate of drug-likeness (QED) is 0.534. The zero-order valence-electron chi connectivity index (χ0n) is 17.7. The second-order valence-electron chi connectivity index (χ2n) is 7.71. The summed E-state index contributed by atoms with van der Waals surface area (Å²) in [6, 6.07) is 16.1. The molecule has 0 saturated heterocycles. The molecule has 4 heteroatoms. The summed E-state index contributed by atoms with van der Waals surface area (Å²) in [4.78, 5) is 27.3. The van der Waals surface area contributed by atoms with Crippen molar-refractivity contribution in [2.45, 2.75) is 40.2 Å². The van der Waals surface area contributed by atoms with E-state index in [0.29, 0.717) is 29.3 Å². The average Bonchev–Trinajstić information content (AvgIpc) is 2.93. The van der Waals surface area contributed by atoms with Crippen LogP contribution in [0.2, 0.25) is 0 Å². The molecule has 0 bridgehead atoms. The Labute approximate surface area is 172 Å². The number of allylic oxidation sites excluding steroid dienone is 1. The SMILES string of the molecule is COC(=O)C1=C(C)N(Cc2ccc(C)cc2)C(=O)/C1=C\c1ccc(C(C)C)cc1. The number of benzene rings is 2. The van der Waals surface area contributed by atoms with E-state index < -0.39 is 5.97 Å². The standard InChI is InChI=1S/C25H27NO3/c1-16(2)21-12-10-19(11-13-21)14-22-23(25(28)29-5)18(4)26(24(22)27)15-20-8-6-17(3)7-9-20/h6-14,16H,15H2,1-5H3/b22-14-. The lowest BCUT2D eigenvalue weighted by atomic mass is 9.99. The smallest absolute Gasteiger partial charge is 0.340 e. The molecule has 4 nitrogen and oxygen atoms in total. The fraction of sp³-hybridized carbons (Fsp3) is 0.280. The van der Waals surface area contributed by atoms with E-state index in [1.165, 1.54) is 12.7 Å². The number of rotatable bonds is 5. The van der Waals surface area contributed by atoms with Crippen LogP contribution in [-0.4, -0.2) is 23.9 Å². The number of esters is 1. The fourth-order valence-corrected chi connectivity index (χ4v) is 3.44. The van der Waals surface area contributed by atoms with E-state index >= 15 is 0 Å². The molecular weight excluding hydrogens is 362 g/mol. The normalized spacial score (nSPS) is 15.6. The van der Waals surface area contributed by atoms with Crippen molar-refractivity contribution in [3.8, 4) is 0 Å². The van der Waals surface area contributed by atoms with Crippen molar-refractivity contribution in [3.05, 3.63) is 87.6 Å². The van der Waals surface area contributed by atoms with Gasteiger partial charge in [-0.25, -0.2) is 4.79 Å². The van der Waals surface area contributed by atoms with Gasteiger partial charge in [-0.05, 0) is 42.5 Å². The zero-order chi connectivity index (χ0) is 21.1. The average molecular weight is 389 g/mol. The topological polar surface area (TPSA) is 46.6 Å². The predicted octanol–water partition coefficient (Wildman–Crippen LogP) is 4.99. The summed E-state index contributed by atoms with van der Waals surface area (Å²) < 4.78 is 4.97. The summed E-state index contributed by atoms with van der Waals surface area (Å²) >= 11 is 0. The van der Waals surface area contributed by atoms with Gasteiger partial charge in [-0.2, -0.15) is 0 Å². The first-order valence-corrected chi connectivity index (χ1v) is 9.80. The molecule has 1 aliphatic rings. The van der Waals surface area contributed by atoms with Crippen LogP contribution in [0.5, 0.6) is 0 Å². The predicted molar refractivity (Wildman–Crippen MR) is 115 cm³/mol. The molecule has 3 rings (SSSR count). The Hall–Kier alpha value is -3.14. The Morgan fingerprint density at radius 3 is 2.21 bits per heavy atom. The van der Waals surface area contributed by atoms with Gasteiger partial charge in [0.25, 0.3) is 5.91 Å². The van der Waals surface area contributed by atoms with E-state index in [4.69, 9.17) is 4.74 Å². The first-order chi connectivity index (χ1) is 13.8. The largest absolute Gasteiger partial charge is 0.465 e. The van der Waals surface area contributed by atoms with Crippen LogP contribution >= 0.6 is 0 Å². The molecule has 150 valence electrons. The van der Waals surface area contributed by atoms with Crippen molar-refractivity contribution in [2.24, 2.45) is 0 Å². The number of nitrogens with zero attached hydrogens (tertiary/aromatic N) is 1. The molecule has 0 N–H and O–H groups in total. The van der Waals surface area contributed by atoms with Crippen LogP contribution in [0.25, 0.3) is 6.08 Å². The molecule has 1 heterocycles. The van der Waals surface area contributed by atoms with Crippen molar-refractivity contribution in [2.75, 3.05) is 7.11 Å². The Morgan fingerprint density at radius 1 is 1.03 bits per heavy atom. The molecule has 0 radical (unpaired) electrons. The number of carbonyl (C=O) groups is 2. The fourth-order valence-electron chi connectivity index (χ4n) is 3.44. The number of aryl methyl sites for hydroxylation is 1. The summed E-state index contributed by atoms with van der Waals surface area (Å²) in [6.45, 7) is 8.50. The molecule has 0 aliphatic carbocycles. The van der Waals surface area contributed by atoms with E-state index in [2.05, 4.69) is 26.0 Å². The van der Waals surface area contributed by atoms with E-state index in [1.807, 2.05) is 43.3 Å². The van der Waals surface area contributed by atoms with Gasteiger partial charge in [-0.15, -0.1) is 0 Å². The number of carbonyl (C=O) groups excluding carboxylic acids is 2. The van der Waals surface area contributed by atoms with Crippen LogP contribution in [-0.2, 0) is 20.9 Å². The molecule has 0 spiro atoms. The lowest BCUT2D eigenvalue weighted by Gasteiger charge is -2.18. The first-order valence-electron chi connectivity index (χ1n) is 9.80. The van der Waals surface area contributed by atoms with Crippen molar-refractivity contribution in [1.82, 2.24) is 4.90 Å². The zero-order valence-corrected chi connectivity index (χ0v) is 17.7. The molecule has 29 heavy (non-hydrogen) atoms. The third kappa shape index (κ3) is 4.32. The summed E-state index contributed by atoms with van der Waals surface area (Å²) in [5.74, 6) is -0.244. The van der Waals surface area contributed by atoms with Crippen molar-refractivity contribution in [3.63, 3.8) is 0 Å². The van der Waals surface area contributed by atoms with Gasteiger partial charge in [-0.1, -0.05) is 67.9 Å². The number of ether oxygens (including phenoxy) is 1. The highest BCUT2D eigenvalue weighted by atomic mass is 16.5. The van der Waals surface area contributed by atoms with Crippen LogP contribution in [0.1, 0.15) is 48.9 Å². The molecule has 0 unspecified atom stereocenters. The maximum atomic E-state index is 13.2. The summed E-state index contributed by atoms with van der Waals surface area (Å²) in [7, 11) is 1.34. The van der Waals surface area contributed by atoms with Crippen LogP contribution in [0.15, 0.2) is 65.4 Å².